The van der Waals surface area contributed by atoms with Crippen molar-refractivity contribution < 1.29 is 5.11 Å². The van der Waals surface area contributed by atoms with E-state index >= 15 is 0 Å². The van der Waals surface area contributed by atoms with Gasteiger partial charge in [0, 0.05) is 5.16 Å². The van der Waals surface area contributed by atoms with Crippen LogP contribution >= 0.6 is 9.24 Å². The zero-order valence-electron chi connectivity index (χ0n) is 7.76. The molecule has 0 fully saturated rings. The molecule has 12 heavy (non-hydrogen) atoms. The summed E-state index contributed by atoms with van der Waals surface area (Å²) < 4.78 is 0. The Balaban J connectivity index is 3.18. The minimum atomic E-state index is 0.0313. The molecule has 0 heterocycles. The van der Waals surface area contributed by atoms with Gasteiger partial charge in [-0.2, -0.15) is 0 Å². The fraction of sp³-hybridized carbons (Fsp3) is 0.400. The van der Waals surface area contributed by atoms with Crippen molar-refractivity contribution in [1.82, 2.24) is 0 Å². The van der Waals surface area contributed by atoms with Gasteiger partial charge in [-0.1, -0.05) is 19.9 Å². The summed E-state index contributed by atoms with van der Waals surface area (Å²) in [5, 5.41) is 9.38. The summed E-state index contributed by atoms with van der Waals surface area (Å²) in [5.41, 5.74) is 2.24. The molecule has 1 atom stereocenters. The summed E-state index contributed by atoms with van der Waals surface area (Å²) in [4.78, 5) is 0. The first kappa shape index (κ1) is 9.54. The monoisotopic (exact) mass is 182 g/mol. The third-order valence-corrected chi connectivity index (χ3v) is 2.14. The number of hydrogen-bond donors (Lipinski definition) is 1. The highest BCUT2D eigenvalue weighted by Gasteiger charge is 2.14. The van der Waals surface area contributed by atoms with E-state index in [4.69, 9.17) is 0 Å². The van der Waals surface area contributed by atoms with Crippen LogP contribution < -0.4 is 0 Å². The molecular weight excluding hydrogens is 167 g/mol. The van der Waals surface area contributed by atoms with Gasteiger partial charge in [0.25, 0.3) is 0 Å². The maximum Gasteiger partial charge on any atom is 0.116 e. The Labute approximate surface area is 76.0 Å². The van der Waals surface area contributed by atoms with Crippen LogP contribution in [-0.2, 0) is 5.16 Å². The molecule has 1 unspecified atom stereocenters. The van der Waals surface area contributed by atoms with Crippen molar-refractivity contribution in [3.8, 4) is 5.75 Å². The van der Waals surface area contributed by atoms with Crippen LogP contribution in [-0.4, -0.2) is 5.11 Å². The number of aryl methyl sites for hydroxylation is 1. The lowest BCUT2D eigenvalue weighted by atomic mass is 10.00. The number of phenols is 1. The van der Waals surface area contributed by atoms with Gasteiger partial charge in [-0.25, -0.2) is 0 Å². The summed E-state index contributed by atoms with van der Waals surface area (Å²) >= 11 is 0. The van der Waals surface area contributed by atoms with Gasteiger partial charge in [-0.15, -0.1) is 9.24 Å². The second kappa shape index (κ2) is 3.06. The van der Waals surface area contributed by atoms with E-state index in [-0.39, 0.29) is 5.16 Å². The van der Waals surface area contributed by atoms with Crippen molar-refractivity contribution in [1.29, 1.82) is 0 Å². The Hall–Kier alpha value is -0.550. The van der Waals surface area contributed by atoms with Crippen molar-refractivity contribution in [2.45, 2.75) is 25.9 Å². The number of benzene rings is 1. The van der Waals surface area contributed by atoms with E-state index in [1.54, 1.807) is 12.1 Å². The van der Waals surface area contributed by atoms with Crippen LogP contribution in [0.1, 0.15) is 25.0 Å². The summed E-state index contributed by atoms with van der Waals surface area (Å²) in [5.74, 6) is 0.348. The summed E-state index contributed by atoms with van der Waals surface area (Å²) in [6.07, 6.45) is 0. The molecule has 0 spiro atoms. The summed E-state index contributed by atoms with van der Waals surface area (Å²) in [7, 11) is 2.76. The lowest BCUT2D eigenvalue weighted by Gasteiger charge is -2.19. The van der Waals surface area contributed by atoms with Crippen LogP contribution in [0.3, 0.4) is 0 Å². The molecular formula is C10H15OP. The minimum Gasteiger partial charge on any atom is -0.508 e. The molecule has 0 aromatic heterocycles. The van der Waals surface area contributed by atoms with Gasteiger partial charge in [-0.3, -0.25) is 0 Å². The zero-order valence-corrected chi connectivity index (χ0v) is 8.91. The van der Waals surface area contributed by atoms with Crippen LogP contribution in [0.15, 0.2) is 18.2 Å². The first-order valence-corrected chi connectivity index (χ1v) is 4.57. The lowest BCUT2D eigenvalue weighted by Crippen LogP contribution is -2.06. The molecule has 0 aliphatic heterocycles. The molecule has 2 heteroatoms. The highest BCUT2D eigenvalue weighted by Crippen LogP contribution is 2.32. The van der Waals surface area contributed by atoms with E-state index in [1.165, 1.54) is 0 Å². The van der Waals surface area contributed by atoms with Gasteiger partial charge in [-0.05, 0) is 30.2 Å². The van der Waals surface area contributed by atoms with Gasteiger partial charge in [0.2, 0.25) is 0 Å². The van der Waals surface area contributed by atoms with Crippen molar-refractivity contribution in [3.63, 3.8) is 0 Å². The molecule has 1 nitrogen and oxygen atoms in total. The van der Waals surface area contributed by atoms with E-state index in [0.29, 0.717) is 5.75 Å². The molecule has 1 aromatic carbocycles. The highest BCUT2D eigenvalue weighted by molar-refractivity contribution is 7.18. The van der Waals surface area contributed by atoms with E-state index in [1.807, 2.05) is 6.92 Å². The van der Waals surface area contributed by atoms with Gasteiger partial charge < -0.3 is 5.11 Å². The van der Waals surface area contributed by atoms with E-state index in [9.17, 15) is 5.11 Å². The molecule has 1 aromatic rings. The first-order chi connectivity index (χ1) is 5.39. The smallest absolute Gasteiger partial charge is 0.116 e. The predicted octanol–water partition coefficient (Wildman–Crippen LogP) is 2.81. The van der Waals surface area contributed by atoms with Crippen LogP contribution in [0.5, 0.6) is 5.75 Å². The Kier molecular flexibility index (Phi) is 2.44. The van der Waals surface area contributed by atoms with E-state index < -0.39 is 0 Å². The SMILES string of the molecule is Cc1cc(O)cc(C(C)(C)P)c1. The fourth-order valence-corrected chi connectivity index (χ4v) is 1.30. The molecule has 1 N–H and O–H groups in total. The average Bonchev–Trinajstić information content (AvgIpc) is 1.82. The third kappa shape index (κ3) is 2.22. The van der Waals surface area contributed by atoms with Gasteiger partial charge >= 0.3 is 0 Å². The normalized spacial score (nSPS) is 11.7. The van der Waals surface area contributed by atoms with Crippen LogP contribution in [0.2, 0.25) is 0 Å². The molecule has 0 bridgehead atoms. The van der Waals surface area contributed by atoms with Gasteiger partial charge in [0.15, 0.2) is 0 Å². The molecule has 0 saturated heterocycles. The fourth-order valence-electron chi connectivity index (χ4n) is 1.13. The zero-order chi connectivity index (χ0) is 9.35. The Morgan fingerprint density at radius 1 is 1.25 bits per heavy atom. The van der Waals surface area contributed by atoms with Crippen LogP contribution in [0, 0.1) is 6.92 Å². The van der Waals surface area contributed by atoms with Crippen molar-refractivity contribution in [3.05, 3.63) is 29.3 Å². The Morgan fingerprint density at radius 2 is 1.83 bits per heavy atom. The topological polar surface area (TPSA) is 20.2 Å². The second-order valence-electron chi connectivity index (χ2n) is 3.78. The summed E-state index contributed by atoms with van der Waals surface area (Å²) in [6, 6.07) is 5.66. The minimum absolute atomic E-state index is 0.0313. The third-order valence-electron chi connectivity index (χ3n) is 1.81. The van der Waals surface area contributed by atoms with Gasteiger partial charge in [0.05, 0.1) is 0 Å². The summed E-state index contributed by atoms with van der Waals surface area (Å²) in [6.45, 7) is 6.19. The Morgan fingerprint density at radius 3 is 2.25 bits per heavy atom. The molecule has 0 aliphatic carbocycles. The van der Waals surface area contributed by atoms with Crippen molar-refractivity contribution >= 4 is 9.24 Å². The molecule has 0 saturated carbocycles. The van der Waals surface area contributed by atoms with E-state index in [0.717, 1.165) is 11.1 Å². The van der Waals surface area contributed by atoms with Crippen LogP contribution in [0.4, 0.5) is 0 Å². The number of rotatable bonds is 1. The molecule has 0 radical (unpaired) electrons. The number of phenolic OH excluding ortho intramolecular Hbond substituents is 1. The van der Waals surface area contributed by atoms with Crippen molar-refractivity contribution in [2.75, 3.05) is 0 Å². The predicted molar refractivity (Wildman–Crippen MR) is 55.6 cm³/mol. The maximum atomic E-state index is 9.35. The van der Waals surface area contributed by atoms with Gasteiger partial charge in [0.1, 0.15) is 5.75 Å². The Bertz CT molecular complexity index is 266. The molecule has 1 rings (SSSR count). The largest absolute Gasteiger partial charge is 0.508 e. The number of aromatic hydroxyl groups is 1. The molecule has 0 aliphatic rings. The lowest BCUT2D eigenvalue weighted by molar-refractivity contribution is 0.473. The quantitative estimate of drug-likeness (QED) is 0.662. The first-order valence-electron chi connectivity index (χ1n) is 3.99. The molecule has 66 valence electrons. The average molecular weight is 182 g/mol. The van der Waals surface area contributed by atoms with E-state index in [2.05, 4.69) is 29.2 Å². The molecule has 0 amide bonds. The standard InChI is InChI=1S/C10H15OP/c1-7-4-8(10(2,3)12)6-9(11)5-7/h4-6,11H,12H2,1-3H3. The van der Waals surface area contributed by atoms with Crippen LogP contribution in [0.25, 0.3) is 0 Å². The maximum absolute atomic E-state index is 9.35. The highest BCUT2D eigenvalue weighted by atomic mass is 31.0. The number of hydrogen-bond acceptors (Lipinski definition) is 1. The second-order valence-corrected chi connectivity index (χ2v) is 5.22. The van der Waals surface area contributed by atoms with Crippen molar-refractivity contribution in [2.24, 2.45) is 0 Å².